The van der Waals surface area contributed by atoms with Crippen molar-refractivity contribution < 1.29 is 19.4 Å². The molecule has 1 unspecified atom stereocenters. The highest BCUT2D eigenvalue weighted by Crippen LogP contribution is 2.16. The van der Waals surface area contributed by atoms with E-state index < -0.39 is 12.0 Å². The van der Waals surface area contributed by atoms with E-state index in [1.54, 1.807) is 26.0 Å². The highest BCUT2D eigenvalue weighted by molar-refractivity contribution is 7.13. The number of hydrogen-bond acceptors (Lipinski definition) is 5. The van der Waals surface area contributed by atoms with E-state index in [2.05, 4.69) is 5.32 Å². The molecule has 2 N–H and O–H groups in total. The number of carboxylic acids is 1. The molecule has 0 spiro atoms. The van der Waals surface area contributed by atoms with Gasteiger partial charge in [0.25, 0.3) is 0 Å². The highest BCUT2D eigenvalue weighted by Gasteiger charge is 2.13. The number of nitrogens with one attached hydrogen (secondary N) is 1. The molecule has 0 amide bonds. The molecule has 0 aromatic carbocycles. The predicted octanol–water partition coefficient (Wildman–Crippen LogP) is 1.49. The molecule has 94 valence electrons. The van der Waals surface area contributed by atoms with Gasteiger partial charge in [0.05, 0.1) is 6.61 Å². The number of thiophene rings is 1. The first-order chi connectivity index (χ1) is 8.04. The fourth-order valence-corrected chi connectivity index (χ4v) is 1.99. The fourth-order valence-electron chi connectivity index (χ4n) is 1.19. The quantitative estimate of drug-likeness (QED) is 0.755. The van der Waals surface area contributed by atoms with E-state index in [1.165, 1.54) is 11.3 Å². The molecule has 0 radical (unpaired) electrons. The first kappa shape index (κ1) is 13.7. The molecule has 1 atom stereocenters. The van der Waals surface area contributed by atoms with Gasteiger partial charge in [-0.15, -0.1) is 11.3 Å². The van der Waals surface area contributed by atoms with Crippen LogP contribution < -0.4 is 5.32 Å². The van der Waals surface area contributed by atoms with Gasteiger partial charge in [-0.1, -0.05) is 0 Å². The highest BCUT2D eigenvalue weighted by atomic mass is 32.1. The van der Waals surface area contributed by atoms with E-state index in [-0.39, 0.29) is 5.97 Å². The minimum absolute atomic E-state index is 0.297. The molecule has 17 heavy (non-hydrogen) atoms. The molecule has 0 bridgehead atoms. The lowest BCUT2D eigenvalue weighted by atomic mass is 10.3. The zero-order chi connectivity index (χ0) is 12.8. The van der Waals surface area contributed by atoms with Gasteiger partial charge in [0.1, 0.15) is 10.9 Å². The number of rotatable bonds is 6. The van der Waals surface area contributed by atoms with Gasteiger partial charge < -0.3 is 9.84 Å². The van der Waals surface area contributed by atoms with Gasteiger partial charge in [0.15, 0.2) is 0 Å². The average molecular weight is 257 g/mol. The summed E-state index contributed by atoms with van der Waals surface area (Å²) in [7, 11) is 0. The van der Waals surface area contributed by atoms with Gasteiger partial charge >= 0.3 is 11.9 Å². The average Bonchev–Trinajstić information content (AvgIpc) is 2.75. The summed E-state index contributed by atoms with van der Waals surface area (Å²) in [5, 5.41) is 11.7. The van der Waals surface area contributed by atoms with Crippen molar-refractivity contribution >= 4 is 23.3 Å². The number of carbonyl (C=O) groups is 2. The maximum atomic E-state index is 11.3. The normalized spacial score (nSPS) is 12.1. The first-order valence-corrected chi connectivity index (χ1v) is 6.08. The van der Waals surface area contributed by atoms with E-state index in [0.717, 1.165) is 4.88 Å². The Morgan fingerprint density at radius 2 is 2.24 bits per heavy atom. The van der Waals surface area contributed by atoms with Crippen molar-refractivity contribution in [3.05, 3.63) is 21.9 Å². The molecule has 1 rings (SSSR count). The molecule has 0 saturated heterocycles. The van der Waals surface area contributed by atoms with Crippen LogP contribution in [0.2, 0.25) is 0 Å². The second-order valence-electron chi connectivity index (χ2n) is 3.43. The molecule has 0 aliphatic carbocycles. The lowest BCUT2D eigenvalue weighted by Crippen LogP contribution is -2.34. The van der Waals surface area contributed by atoms with Crippen molar-refractivity contribution in [2.45, 2.75) is 26.4 Å². The van der Waals surface area contributed by atoms with Gasteiger partial charge in [0, 0.05) is 11.4 Å². The fraction of sp³-hybridized carbons (Fsp3) is 0.455. The molecule has 0 aliphatic heterocycles. The topological polar surface area (TPSA) is 75.6 Å². The Balaban J connectivity index is 2.44. The number of aromatic carboxylic acids is 1. The van der Waals surface area contributed by atoms with Gasteiger partial charge in [-0.25, -0.2) is 4.79 Å². The summed E-state index contributed by atoms with van der Waals surface area (Å²) in [5.41, 5.74) is 0. The van der Waals surface area contributed by atoms with Gasteiger partial charge in [-0.3, -0.25) is 10.1 Å². The Bertz CT molecular complexity index is 402. The molecular formula is C11H15NO4S. The van der Waals surface area contributed by atoms with Gasteiger partial charge in [-0.2, -0.15) is 0 Å². The molecule has 1 aromatic heterocycles. The SMILES string of the molecule is CCOC(=O)C(C)NCc1ccc(C(=O)O)s1. The molecule has 6 heteroatoms. The van der Waals surface area contributed by atoms with Crippen LogP contribution in [-0.2, 0) is 16.1 Å². The summed E-state index contributed by atoms with van der Waals surface area (Å²) in [6.45, 7) is 4.28. The van der Waals surface area contributed by atoms with Crippen LogP contribution >= 0.6 is 11.3 Å². The summed E-state index contributed by atoms with van der Waals surface area (Å²) >= 11 is 1.19. The zero-order valence-corrected chi connectivity index (χ0v) is 10.5. The second-order valence-corrected chi connectivity index (χ2v) is 4.59. The Hall–Kier alpha value is -1.40. The standard InChI is InChI=1S/C11H15NO4S/c1-3-16-11(15)7(2)12-6-8-4-5-9(17-8)10(13)14/h4-5,7,12H,3,6H2,1-2H3,(H,13,14). The Morgan fingerprint density at radius 1 is 1.53 bits per heavy atom. The Labute approximate surface area is 103 Å². The van der Waals surface area contributed by atoms with Crippen molar-refractivity contribution in [1.82, 2.24) is 5.32 Å². The third-order valence-corrected chi connectivity index (χ3v) is 3.17. The summed E-state index contributed by atoms with van der Waals surface area (Å²) in [6.07, 6.45) is 0. The van der Waals surface area contributed by atoms with Crippen LogP contribution in [0.3, 0.4) is 0 Å². The van der Waals surface area contributed by atoms with Crippen LogP contribution in [-0.4, -0.2) is 29.7 Å². The van der Waals surface area contributed by atoms with Crippen molar-refractivity contribution in [3.63, 3.8) is 0 Å². The van der Waals surface area contributed by atoms with Crippen molar-refractivity contribution in [2.75, 3.05) is 6.61 Å². The minimum Gasteiger partial charge on any atom is -0.477 e. The largest absolute Gasteiger partial charge is 0.477 e. The number of carbonyl (C=O) groups excluding carboxylic acids is 1. The van der Waals surface area contributed by atoms with Crippen molar-refractivity contribution in [3.8, 4) is 0 Å². The molecule has 0 fully saturated rings. The predicted molar refractivity (Wildman–Crippen MR) is 64.2 cm³/mol. The summed E-state index contributed by atoms with van der Waals surface area (Å²) in [5.74, 6) is -1.23. The molecule has 0 aliphatic rings. The first-order valence-electron chi connectivity index (χ1n) is 5.26. The third-order valence-electron chi connectivity index (χ3n) is 2.10. The maximum Gasteiger partial charge on any atom is 0.345 e. The number of carboxylic acid groups (broad SMARTS) is 1. The van der Waals surface area contributed by atoms with Gasteiger partial charge in [-0.05, 0) is 26.0 Å². The van der Waals surface area contributed by atoms with Gasteiger partial charge in [0.2, 0.25) is 0 Å². The lowest BCUT2D eigenvalue weighted by molar-refractivity contribution is -0.145. The lowest BCUT2D eigenvalue weighted by Gasteiger charge is -2.11. The molecule has 0 saturated carbocycles. The van der Waals surface area contributed by atoms with Crippen LogP contribution in [0.5, 0.6) is 0 Å². The van der Waals surface area contributed by atoms with Crippen LogP contribution in [0.4, 0.5) is 0 Å². The number of ether oxygens (including phenoxy) is 1. The minimum atomic E-state index is -0.931. The molecule has 1 heterocycles. The van der Waals surface area contributed by atoms with Crippen LogP contribution in [0, 0.1) is 0 Å². The molecule has 1 aromatic rings. The second kappa shape index (κ2) is 6.36. The third kappa shape index (κ3) is 4.16. The number of hydrogen-bond donors (Lipinski definition) is 2. The van der Waals surface area contributed by atoms with E-state index in [0.29, 0.717) is 18.0 Å². The van der Waals surface area contributed by atoms with Crippen molar-refractivity contribution in [2.24, 2.45) is 0 Å². The summed E-state index contributed by atoms with van der Waals surface area (Å²) in [4.78, 5) is 23.1. The Kier molecular flexibility index (Phi) is 5.11. The Morgan fingerprint density at radius 3 is 2.76 bits per heavy atom. The van der Waals surface area contributed by atoms with E-state index in [1.807, 2.05) is 0 Å². The van der Waals surface area contributed by atoms with Crippen LogP contribution in [0.25, 0.3) is 0 Å². The number of esters is 1. The van der Waals surface area contributed by atoms with E-state index in [4.69, 9.17) is 9.84 Å². The summed E-state index contributed by atoms with van der Waals surface area (Å²) < 4.78 is 4.84. The van der Waals surface area contributed by atoms with E-state index in [9.17, 15) is 9.59 Å². The molecule has 5 nitrogen and oxygen atoms in total. The summed E-state index contributed by atoms with van der Waals surface area (Å²) in [6, 6.07) is 2.89. The maximum absolute atomic E-state index is 11.3. The molecular weight excluding hydrogens is 242 g/mol. The smallest absolute Gasteiger partial charge is 0.345 e. The van der Waals surface area contributed by atoms with Crippen molar-refractivity contribution in [1.29, 1.82) is 0 Å². The van der Waals surface area contributed by atoms with E-state index >= 15 is 0 Å². The van der Waals surface area contributed by atoms with Crippen LogP contribution in [0.15, 0.2) is 12.1 Å². The monoisotopic (exact) mass is 257 g/mol. The zero-order valence-electron chi connectivity index (χ0n) is 9.73. The van der Waals surface area contributed by atoms with Crippen LogP contribution in [0.1, 0.15) is 28.4 Å².